The average Bonchev–Trinajstić information content (AvgIpc) is 3.36. The number of rotatable bonds is 7. The first-order chi connectivity index (χ1) is 11.6. The Bertz CT molecular complexity index is 411. The Kier molecular flexibility index (Phi) is 6.20. The van der Waals surface area contributed by atoms with E-state index in [-0.39, 0.29) is 5.60 Å². The minimum absolute atomic E-state index is 0.0357. The van der Waals surface area contributed by atoms with Crippen LogP contribution in [0.15, 0.2) is 0 Å². The number of carbonyl (C=O) groups excluding carboxylic acids is 1. The molecule has 4 nitrogen and oxygen atoms in total. The van der Waals surface area contributed by atoms with E-state index in [9.17, 15) is 4.79 Å². The van der Waals surface area contributed by atoms with Gasteiger partial charge in [-0.15, -0.1) is 0 Å². The van der Waals surface area contributed by atoms with Gasteiger partial charge in [-0.3, -0.25) is 4.79 Å². The van der Waals surface area contributed by atoms with Gasteiger partial charge in [-0.25, -0.2) is 0 Å². The molecule has 4 heteroatoms. The molecule has 1 aliphatic carbocycles. The van der Waals surface area contributed by atoms with Crippen LogP contribution in [0.3, 0.4) is 0 Å². The summed E-state index contributed by atoms with van der Waals surface area (Å²) in [6.07, 6.45) is 8.94. The molecule has 3 rings (SSSR count). The molecule has 24 heavy (non-hydrogen) atoms. The first kappa shape index (κ1) is 18.2. The topological polar surface area (TPSA) is 38.8 Å². The molecule has 1 saturated carbocycles. The molecule has 138 valence electrons. The lowest BCUT2D eigenvalue weighted by atomic mass is 9.78. The van der Waals surface area contributed by atoms with E-state index in [2.05, 4.69) is 18.7 Å². The van der Waals surface area contributed by atoms with Crippen LogP contribution in [0.2, 0.25) is 0 Å². The Morgan fingerprint density at radius 1 is 1.21 bits per heavy atom. The first-order valence-corrected chi connectivity index (χ1v) is 10.1. The smallest absolute Gasteiger partial charge is 0.222 e. The number of ether oxygens (including phenoxy) is 2. The molecule has 0 aromatic heterocycles. The molecule has 3 fully saturated rings. The zero-order valence-electron chi connectivity index (χ0n) is 15.6. The Balaban J connectivity index is 1.40. The van der Waals surface area contributed by atoms with Crippen LogP contribution in [0.4, 0.5) is 0 Å². The lowest BCUT2D eigenvalue weighted by Gasteiger charge is -2.46. The maximum Gasteiger partial charge on any atom is 0.222 e. The maximum atomic E-state index is 12.2. The monoisotopic (exact) mass is 337 g/mol. The van der Waals surface area contributed by atoms with Crippen LogP contribution in [0.1, 0.15) is 65.2 Å². The highest BCUT2D eigenvalue weighted by Crippen LogP contribution is 2.39. The molecule has 3 aliphatic rings. The predicted molar refractivity (Wildman–Crippen MR) is 94.8 cm³/mol. The molecule has 2 heterocycles. The van der Waals surface area contributed by atoms with Crippen LogP contribution < -0.4 is 0 Å². The minimum atomic E-state index is 0.0357. The van der Waals surface area contributed by atoms with E-state index in [0.29, 0.717) is 18.2 Å². The van der Waals surface area contributed by atoms with E-state index in [1.54, 1.807) is 0 Å². The zero-order chi connectivity index (χ0) is 17.0. The summed E-state index contributed by atoms with van der Waals surface area (Å²) >= 11 is 0. The Morgan fingerprint density at radius 2 is 1.96 bits per heavy atom. The predicted octanol–water partition coefficient (Wildman–Crippen LogP) is 3.64. The molecule has 1 amide bonds. The summed E-state index contributed by atoms with van der Waals surface area (Å²) < 4.78 is 12.0. The highest BCUT2D eigenvalue weighted by Gasteiger charge is 2.40. The normalized spacial score (nSPS) is 27.0. The number of amides is 1. The standard InChI is InChI=1S/C20H35NO3/c1-16(2)13-19(22)21-9-7-20(8-10-21)14-17(6-12-24-20)5-11-23-15-18-3-4-18/h16-18H,3-15H2,1-2H3. The van der Waals surface area contributed by atoms with Gasteiger partial charge in [0.1, 0.15) is 0 Å². The number of hydrogen-bond acceptors (Lipinski definition) is 3. The van der Waals surface area contributed by atoms with Crippen molar-refractivity contribution in [3.8, 4) is 0 Å². The molecule has 0 aromatic carbocycles. The van der Waals surface area contributed by atoms with Gasteiger partial charge in [-0.2, -0.15) is 0 Å². The summed E-state index contributed by atoms with van der Waals surface area (Å²) in [6.45, 7) is 8.74. The van der Waals surface area contributed by atoms with Crippen molar-refractivity contribution in [1.29, 1.82) is 0 Å². The minimum Gasteiger partial charge on any atom is -0.381 e. The van der Waals surface area contributed by atoms with E-state index in [1.807, 2.05) is 0 Å². The second-order valence-electron chi connectivity index (χ2n) is 8.68. The van der Waals surface area contributed by atoms with E-state index < -0.39 is 0 Å². The van der Waals surface area contributed by atoms with Gasteiger partial charge in [0.05, 0.1) is 5.60 Å². The van der Waals surface area contributed by atoms with Crippen LogP contribution in [0, 0.1) is 17.8 Å². The summed E-state index contributed by atoms with van der Waals surface area (Å²) in [5.74, 6) is 2.36. The third kappa shape index (κ3) is 5.19. The molecule has 1 unspecified atom stereocenters. The fraction of sp³-hybridized carbons (Fsp3) is 0.950. The van der Waals surface area contributed by atoms with Crippen LogP contribution >= 0.6 is 0 Å². The number of likely N-dealkylation sites (tertiary alicyclic amines) is 1. The molecular weight excluding hydrogens is 302 g/mol. The fourth-order valence-corrected chi connectivity index (χ4v) is 4.15. The molecule has 0 radical (unpaired) electrons. The van der Waals surface area contributed by atoms with Gasteiger partial charge in [0, 0.05) is 39.3 Å². The van der Waals surface area contributed by atoms with Crippen molar-refractivity contribution in [3.63, 3.8) is 0 Å². The molecule has 2 saturated heterocycles. The maximum absolute atomic E-state index is 12.2. The fourth-order valence-electron chi connectivity index (χ4n) is 4.15. The molecule has 0 N–H and O–H groups in total. The van der Waals surface area contributed by atoms with E-state index in [1.165, 1.54) is 25.7 Å². The van der Waals surface area contributed by atoms with Crippen molar-refractivity contribution >= 4 is 5.91 Å². The van der Waals surface area contributed by atoms with E-state index in [0.717, 1.165) is 64.0 Å². The SMILES string of the molecule is CC(C)CC(=O)N1CCC2(CC1)CC(CCOCC1CC1)CCO2. The molecule has 0 bridgehead atoms. The second kappa shape index (κ2) is 8.18. The van der Waals surface area contributed by atoms with Crippen molar-refractivity contribution in [2.45, 2.75) is 70.8 Å². The van der Waals surface area contributed by atoms with Crippen molar-refractivity contribution in [1.82, 2.24) is 4.90 Å². The van der Waals surface area contributed by atoms with Gasteiger partial charge < -0.3 is 14.4 Å². The Morgan fingerprint density at radius 3 is 2.62 bits per heavy atom. The molecule has 0 aromatic rings. The molecular formula is C20H35NO3. The second-order valence-corrected chi connectivity index (χ2v) is 8.68. The van der Waals surface area contributed by atoms with Crippen molar-refractivity contribution < 1.29 is 14.3 Å². The van der Waals surface area contributed by atoms with Gasteiger partial charge >= 0.3 is 0 Å². The third-order valence-corrected chi connectivity index (χ3v) is 5.93. The van der Waals surface area contributed by atoms with Gasteiger partial charge in [-0.05, 0) is 62.7 Å². The van der Waals surface area contributed by atoms with Gasteiger partial charge in [0.25, 0.3) is 0 Å². The molecule has 1 atom stereocenters. The molecule has 1 spiro atoms. The summed E-state index contributed by atoms with van der Waals surface area (Å²) in [5, 5.41) is 0. The van der Waals surface area contributed by atoms with Crippen molar-refractivity contribution in [2.24, 2.45) is 17.8 Å². The van der Waals surface area contributed by atoms with E-state index in [4.69, 9.17) is 9.47 Å². The Labute approximate surface area is 147 Å². The van der Waals surface area contributed by atoms with E-state index >= 15 is 0 Å². The highest BCUT2D eigenvalue weighted by molar-refractivity contribution is 5.76. The van der Waals surface area contributed by atoms with Gasteiger partial charge in [0.2, 0.25) is 5.91 Å². The lowest BCUT2D eigenvalue weighted by molar-refractivity contribution is -0.148. The quantitative estimate of drug-likeness (QED) is 0.666. The largest absolute Gasteiger partial charge is 0.381 e. The number of nitrogens with zero attached hydrogens (tertiary/aromatic N) is 1. The van der Waals surface area contributed by atoms with Crippen molar-refractivity contribution in [3.05, 3.63) is 0 Å². The number of carbonyl (C=O) groups is 1. The van der Waals surface area contributed by atoms with Crippen LogP contribution in [0.25, 0.3) is 0 Å². The van der Waals surface area contributed by atoms with Gasteiger partial charge in [-0.1, -0.05) is 13.8 Å². The van der Waals surface area contributed by atoms with Gasteiger partial charge in [0.15, 0.2) is 0 Å². The Hall–Kier alpha value is -0.610. The van der Waals surface area contributed by atoms with Crippen LogP contribution in [0.5, 0.6) is 0 Å². The summed E-state index contributed by atoms with van der Waals surface area (Å²) in [7, 11) is 0. The summed E-state index contributed by atoms with van der Waals surface area (Å²) in [4.78, 5) is 14.3. The number of hydrogen-bond donors (Lipinski definition) is 0. The summed E-state index contributed by atoms with van der Waals surface area (Å²) in [5.41, 5.74) is 0.0357. The first-order valence-electron chi connectivity index (χ1n) is 10.1. The zero-order valence-corrected chi connectivity index (χ0v) is 15.6. The average molecular weight is 338 g/mol. The van der Waals surface area contributed by atoms with Crippen LogP contribution in [-0.4, -0.2) is 49.3 Å². The third-order valence-electron chi connectivity index (χ3n) is 5.93. The molecule has 2 aliphatic heterocycles. The number of piperidine rings is 1. The summed E-state index contributed by atoms with van der Waals surface area (Å²) in [6, 6.07) is 0. The van der Waals surface area contributed by atoms with Crippen LogP contribution in [-0.2, 0) is 14.3 Å². The van der Waals surface area contributed by atoms with Crippen molar-refractivity contribution in [2.75, 3.05) is 32.9 Å². The lowest BCUT2D eigenvalue weighted by Crippen LogP contribution is -2.51. The highest BCUT2D eigenvalue weighted by atomic mass is 16.5.